The van der Waals surface area contributed by atoms with Crippen LogP contribution in [0.5, 0.6) is 0 Å². The van der Waals surface area contributed by atoms with E-state index in [2.05, 4.69) is 15.3 Å². The van der Waals surface area contributed by atoms with Gasteiger partial charge in [0.1, 0.15) is 5.52 Å². The molecule has 0 fully saturated rings. The van der Waals surface area contributed by atoms with Crippen LogP contribution in [0.1, 0.15) is 5.56 Å². The summed E-state index contributed by atoms with van der Waals surface area (Å²) in [5.74, 6) is 0.574. The molecule has 0 saturated heterocycles. The Morgan fingerprint density at radius 3 is 2.83 bits per heavy atom. The molecular formula is C19H14ClN3O. The van der Waals surface area contributed by atoms with Crippen molar-refractivity contribution in [3.63, 3.8) is 0 Å². The fourth-order valence-electron chi connectivity index (χ4n) is 2.50. The molecule has 5 heteroatoms. The van der Waals surface area contributed by atoms with Crippen LogP contribution in [0.4, 0.5) is 5.69 Å². The minimum Gasteiger partial charge on any atom is -0.436 e. The average Bonchev–Trinajstić information content (AvgIpc) is 3.04. The monoisotopic (exact) mass is 335 g/mol. The van der Waals surface area contributed by atoms with E-state index in [0.29, 0.717) is 12.4 Å². The van der Waals surface area contributed by atoms with Crippen molar-refractivity contribution < 1.29 is 4.42 Å². The molecule has 0 atom stereocenters. The van der Waals surface area contributed by atoms with Gasteiger partial charge < -0.3 is 9.73 Å². The fraction of sp³-hybridized carbons (Fsp3) is 0.0526. The Balaban J connectivity index is 1.57. The lowest BCUT2D eigenvalue weighted by molar-refractivity contribution is 0.619. The maximum absolute atomic E-state index is 6.01. The zero-order valence-electron chi connectivity index (χ0n) is 12.7. The smallest absolute Gasteiger partial charge is 0.228 e. The number of rotatable bonds is 4. The molecule has 0 aliphatic carbocycles. The highest BCUT2D eigenvalue weighted by Gasteiger charge is 2.08. The van der Waals surface area contributed by atoms with Crippen molar-refractivity contribution in [2.75, 3.05) is 5.32 Å². The van der Waals surface area contributed by atoms with Crippen LogP contribution >= 0.6 is 11.6 Å². The fourth-order valence-corrected chi connectivity index (χ4v) is 2.71. The third kappa shape index (κ3) is 3.09. The van der Waals surface area contributed by atoms with E-state index >= 15 is 0 Å². The number of aromatic nitrogens is 2. The van der Waals surface area contributed by atoms with E-state index in [1.165, 1.54) is 0 Å². The van der Waals surface area contributed by atoms with Gasteiger partial charge in [-0.25, -0.2) is 4.98 Å². The van der Waals surface area contributed by atoms with Gasteiger partial charge in [0.15, 0.2) is 5.58 Å². The normalized spacial score (nSPS) is 10.9. The second-order valence-electron chi connectivity index (χ2n) is 5.43. The zero-order valence-corrected chi connectivity index (χ0v) is 13.5. The number of hydrogen-bond acceptors (Lipinski definition) is 4. The van der Waals surface area contributed by atoms with Crippen LogP contribution in [0, 0.1) is 0 Å². The van der Waals surface area contributed by atoms with Crippen molar-refractivity contribution in [1.82, 2.24) is 9.97 Å². The van der Waals surface area contributed by atoms with E-state index < -0.39 is 0 Å². The van der Waals surface area contributed by atoms with Crippen LogP contribution in [0.3, 0.4) is 0 Å². The molecule has 0 amide bonds. The van der Waals surface area contributed by atoms with Gasteiger partial charge >= 0.3 is 0 Å². The molecule has 1 N–H and O–H groups in total. The molecule has 0 saturated carbocycles. The molecule has 0 unspecified atom stereocenters. The zero-order chi connectivity index (χ0) is 16.4. The summed E-state index contributed by atoms with van der Waals surface area (Å²) in [6.07, 6.45) is 3.47. The molecule has 0 radical (unpaired) electrons. The highest BCUT2D eigenvalue weighted by Crippen LogP contribution is 2.26. The molecule has 0 bridgehead atoms. The topological polar surface area (TPSA) is 51.0 Å². The largest absolute Gasteiger partial charge is 0.436 e. The molecule has 2 aromatic heterocycles. The van der Waals surface area contributed by atoms with E-state index in [0.717, 1.165) is 32.9 Å². The van der Waals surface area contributed by atoms with E-state index in [1.807, 2.05) is 54.6 Å². The van der Waals surface area contributed by atoms with E-state index in [1.54, 1.807) is 12.4 Å². The number of halogens is 1. The predicted octanol–water partition coefficient (Wildman–Crippen LogP) is 5.16. The SMILES string of the molecule is Clc1cccc(CNc2ccc3oc(-c4cccnc4)nc3c2)c1. The van der Waals surface area contributed by atoms with Gasteiger partial charge in [-0.15, -0.1) is 0 Å². The summed E-state index contributed by atoms with van der Waals surface area (Å²) in [6, 6.07) is 17.5. The van der Waals surface area contributed by atoms with E-state index in [-0.39, 0.29) is 0 Å². The van der Waals surface area contributed by atoms with Crippen LogP contribution in [-0.2, 0) is 6.54 Å². The first-order valence-electron chi connectivity index (χ1n) is 7.57. The Labute approximate surface area is 144 Å². The highest BCUT2D eigenvalue weighted by atomic mass is 35.5. The maximum atomic E-state index is 6.01. The minimum atomic E-state index is 0.574. The van der Waals surface area contributed by atoms with Crippen molar-refractivity contribution >= 4 is 28.4 Å². The lowest BCUT2D eigenvalue weighted by atomic mass is 10.2. The lowest BCUT2D eigenvalue weighted by Gasteiger charge is -2.06. The summed E-state index contributed by atoms with van der Waals surface area (Å²) in [5.41, 5.74) is 4.53. The van der Waals surface area contributed by atoms with Gasteiger partial charge in [0, 0.05) is 29.6 Å². The van der Waals surface area contributed by atoms with Crippen LogP contribution in [0.2, 0.25) is 5.02 Å². The van der Waals surface area contributed by atoms with Crippen LogP contribution in [0.15, 0.2) is 71.4 Å². The molecule has 4 aromatic rings. The van der Waals surface area contributed by atoms with Gasteiger partial charge in [-0.3, -0.25) is 4.98 Å². The third-order valence-corrected chi connectivity index (χ3v) is 3.92. The Morgan fingerprint density at radius 1 is 1.04 bits per heavy atom. The predicted molar refractivity (Wildman–Crippen MR) is 96.0 cm³/mol. The van der Waals surface area contributed by atoms with Crippen molar-refractivity contribution in [3.05, 3.63) is 77.6 Å². The van der Waals surface area contributed by atoms with Crippen LogP contribution < -0.4 is 5.32 Å². The molecule has 0 spiro atoms. The first-order valence-corrected chi connectivity index (χ1v) is 7.95. The summed E-state index contributed by atoms with van der Waals surface area (Å²) in [4.78, 5) is 8.64. The number of nitrogens with zero attached hydrogens (tertiary/aromatic N) is 2. The number of pyridine rings is 1. The number of oxazole rings is 1. The van der Waals surface area contributed by atoms with Gasteiger partial charge in [-0.1, -0.05) is 23.7 Å². The number of hydrogen-bond donors (Lipinski definition) is 1. The molecule has 4 nitrogen and oxygen atoms in total. The standard InChI is InChI=1S/C19H14ClN3O/c20-15-5-1-3-13(9-15)11-22-16-6-7-18-17(10-16)23-19(24-18)14-4-2-8-21-12-14/h1-10,12,22H,11H2. The number of nitrogens with one attached hydrogen (secondary N) is 1. The molecule has 0 aliphatic rings. The number of benzene rings is 2. The van der Waals surface area contributed by atoms with E-state index in [4.69, 9.17) is 16.0 Å². The van der Waals surface area contributed by atoms with Crippen LogP contribution in [0.25, 0.3) is 22.6 Å². The summed E-state index contributed by atoms with van der Waals surface area (Å²) in [7, 11) is 0. The molecule has 2 heterocycles. The number of anilines is 1. The molecule has 2 aromatic carbocycles. The van der Waals surface area contributed by atoms with Crippen molar-refractivity contribution in [2.24, 2.45) is 0 Å². The third-order valence-electron chi connectivity index (χ3n) is 3.68. The molecule has 24 heavy (non-hydrogen) atoms. The van der Waals surface area contributed by atoms with E-state index in [9.17, 15) is 0 Å². The summed E-state index contributed by atoms with van der Waals surface area (Å²) in [6.45, 7) is 0.694. The maximum Gasteiger partial charge on any atom is 0.228 e. The van der Waals surface area contributed by atoms with Gasteiger partial charge in [0.2, 0.25) is 5.89 Å². The first kappa shape index (κ1) is 14.7. The second-order valence-corrected chi connectivity index (χ2v) is 5.86. The van der Waals surface area contributed by atoms with Crippen molar-refractivity contribution in [1.29, 1.82) is 0 Å². The van der Waals surface area contributed by atoms with Gasteiger partial charge in [-0.2, -0.15) is 0 Å². The molecule has 0 aliphatic heterocycles. The Morgan fingerprint density at radius 2 is 2.00 bits per heavy atom. The minimum absolute atomic E-state index is 0.574. The first-order chi connectivity index (χ1) is 11.8. The highest BCUT2D eigenvalue weighted by molar-refractivity contribution is 6.30. The molecule has 118 valence electrons. The Kier molecular flexibility index (Phi) is 3.89. The summed E-state index contributed by atoms with van der Waals surface area (Å²) < 4.78 is 5.79. The molecular weight excluding hydrogens is 322 g/mol. The number of fused-ring (bicyclic) bond motifs is 1. The van der Waals surface area contributed by atoms with Gasteiger partial charge in [0.05, 0.1) is 5.56 Å². The summed E-state index contributed by atoms with van der Waals surface area (Å²) in [5, 5.41) is 4.11. The Hall–Kier alpha value is -2.85. The van der Waals surface area contributed by atoms with Crippen molar-refractivity contribution in [2.45, 2.75) is 6.54 Å². The quantitative estimate of drug-likeness (QED) is 0.560. The lowest BCUT2D eigenvalue weighted by Crippen LogP contribution is -1.98. The second kappa shape index (κ2) is 6.34. The van der Waals surface area contributed by atoms with Gasteiger partial charge in [0.25, 0.3) is 0 Å². The van der Waals surface area contributed by atoms with Crippen molar-refractivity contribution in [3.8, 4) is 11.5 Å². The Bertz CT molecular complexity index is 982. The van der Waals surface area contributed by atoms with Crippen LogP contribution in [-0.4, -0.2) is 9.97 Å². The summed E-state index contributed by atoms with van der Waals surface area (Å²) >= 11 is 6.01. The average molecular weight is 336 g/mol. The molecule has 4 rings (SSSR count). The van der Waals surface area contributed by atoms with Gasteiger partial charge in [-0.05, 0) is 48.0 Å².